The van der Waals surface area contributed by atoms with Crippen molar-refractivity contribution >= 4 is 11.7 Å². The molecule has 2 amide bonds. The van der Waals surface area contributed by atoms with Crippen LogP contribution in [0.2, 0.25) is 0 Å². The summed E-state index contributed by atoms with van der Waals surface area (Å²) in [6.45, 7) is 4.65. The highest BCUT2D eigenvalue weighted by molar-refractivity contribution is 5.89. The molecule has 0 aliphatic heterocycles. The van der Waals surface area contributed by atoms with Gasteiger partial charge in [0.15, 0.2) is 0 Å². The predicted molar refractivity (Wildman–Crippen MR) is 90.8 cm³/mol. The molecule has 5 nitrogen and oxygen atoms in total. The molecule has 0 fully saturated rings. The molecule has 1 unspecified atom stereocenters. The molecule has 2 aromatic rings. The SMILES string of the molecule is CCOc1ccc(NC(=O)NCC(O)c2ccc(C)cc2)cc1. The summed E-state index contributed by atoms with van der Waals surface area (Å²) in [7, 11) is 0. The Morgan fingerprint density at radius 3 is 2.39 bits per heavy atom. The maximum atomic E-state index is 11.8. The third-order valence-corrected chi connectivity index (χ3v) is 3.34. The average molecular weight is 314 g/mol. The van der Waals surface area contributed by atoms with Gasteiger partial charge in [-0.05, 0) is 43.7 Å². The molecular weight excluding hydrogens is 292 g/mol. The van der Waals surface area contributed by atoms with E-state index < -0.39 is 6.10 Å². The van der Waals surface area contributed by atoms with Crippen LogP contribution < -0.4 is 15.4 Å². The number of nitrogens with one attached hydrogen (secondary N) is 2. The maximum absolute atomic E-state index is 11.8. The van der Waals surface area contributed by atoms with Crippen molar-refractivity contribution in [1.82, 2.24) is 5.32 Å². The van der Waals surface area contributed by atoms with Gasteiger partial charge in [0.1, 0.15) is 5.75 Å². The monoisotopic (exact) mass is 314 g/mol. The number of hydrogen-bond donors (Lipinski definition) is 3. The molecule has 3 N–H and O–H groups in total. The van der Waals surface area contributed by atoms with Crippen molar-refractivity contribution in [3.05, 3.63) is 59.7 Å². The largest absolute Gasteiger partial charge is 0.494 e. The molecule has 0 radical (unpaired) electrons. The molecule has 23 heavy (non-hydrogen) atoms. The van der Waals surface area contributed by atoms with Crippen LogP contribution in [0.1, 0.15) is 24.2 Å². The second-order valence-electron chi connectivity index (χ2n) is 5.22. The summed E-state index contributed by atoms with van der Waals surface area (Å²) >= 11 is 0. The van der Waals surface area contributed by atoms with E-state index in [9.17, 15) is 9.90 Å². The first-order valence-corrected chi connectivity index (χ1v) is 7.61. The molecule has 122 valence electrons. The molecule has 5 heteroatoms. The molecule has 0 saturated carbocycles. The smallest absolute Gasteiger partial charge is 0.319 e. The molecule has 0 spiro atoms. The Bertz CT molecular complexity index is 624. The number of benzene rings is 2. The van der Waals surface area contributed by atoms with Crippen molar-refractivity contribution < 1.29 is 14.6 Å². The van der Waals surface area contributed by atoms with E-state index >= 15 is 0 Å². The summed E-state index contributed by atoms with van der Waals surface area (Å²) in [5.74, 6) is 0.758. The lowest BCUT2D eigenvalue weighted by Gasteiger charge is -2.13. The van der Waals surface area contributed by atoms with E-state index in [1.807, 2.05) is 38.1 Å². The summed E-state index contributed by atoms with van der Waals surface area (Å²) < 4.78 is 5.34. The number of hydrogen-bond acceptors (Lipinski definition) is 3. The van der Waals surface area contributed by atoms with Gasteiger partial charge in [-0.15, -0.1) is 0 Å². The van der Waals surface area contributed by atoms with Crippen LogP contribution in [0, 0.1) is 6.92 Å². The number of anilines is 1. The fourth-order valence-electron chi connectivity index (χ4n) is 2.07. The van der Waals surface area contributed by atoms with E-state index in [1.54, 1.807) is 24.3 Å². The standard InChI is InChI=1S/C18H22N2O3/c1-3-23-16-10-8-15(9-11-16)20-18(22)19-12-17(21)14-6-4-13(2)5-7-14/h4-11,17,21H,3,12H2,1-2H3,(H2,19,20,22). The number of urea groups is 1. The Kier molecular flexibility index (Phi) is 6.00. The van der Waals surface area contributed by atoms with E-state index in [2.05, 4.69) is 10.6 Å². The van der Waals surface area contributed by atoms with Crippen LogP contribution in [0.4, 0.5) is 10.5 Å². The van der Waals surface area contributed by atoms with Crippen molar-refractivity contribution in [3.8, 4) is 5.75 Å². The molecule has 1 atom stereocenters. The molecular formula is C18H22N2O3. The number of aliphatic hydroxyl groups excluding tert-OH is 1. The first-order valence-electron chi connectivity index (χ1n) is 7.61. The number of carbonyl (C=O) groups excluding carboxylic acids is 1. The van der Waals surface area contributed by atoms with E-state index in [1.165, 1.54) is 0 Å². The van der Waals surface area contributed by atoms with E-state index in [4.69, 9.17) is 4.74 Å². The normalized spacial score (nSPS) is 11.6. The molecule has 2 rings (SSSR count). The second kappa shape index (κ2) is 8.19. The van der Waals surface area contributed by atoms with Crippen LogP contribution in [-0.2, 0) is 0 Å². The van der Waals surface area contributed by atoms with E-state index in [0.717, 1.165) is 16.9 Å². The average Bonchev–Trinajstić information content (AvgIpc) is 2.55. The van der Waals surface area contributed by atoms with Crippen LogP contribution in [0.5, 0.6) is 5.75 Å². The second-order valence-corrected chi connectivity index (χ2v) is 5.22. The highest BCUT2D eigenvalue weighted by Crippen LogP contribution is 2.16. The Morgan fingerprint density at radius 1 is 1.13 bits per heavy atom. The van der Waals surface area contributed by atoms with Crippen molar-refractivity contribution in [2.24, 2.45) is 0 Å². The van der Waals surface area contributed by atoms with Crippen molar-refractivity contribution in [3.63, 3.8) is 0 Å². The van der Waals surface area contributed by atoms with Gasteiger partial charge in [-0.2, -0.15) is 0 Å². The Balaban J connectivity index is 1.81. The first kappa shape index (κ1) is 16.8. The predicted octanol–water partition coefficient (Wildman–Crippen LogP) is 3.25. The Hall–Kier alpha value is -2.53. The Morgan fingerprint density at radius 2 is 1.78 bits per heavy atom. The van der Waals surface area contributed by atoms with Crippen molar-refractivity contribution in [1.29, 1.82) is 0 Å². The zero-order valence-electron chi connectivity index (χ0n) is 13.4. The van der Waals surface area contributed by atoms with Gasteiger partial charge < -0.3 is 20.5 Å². The highest BCUT2D eigenvalue weighted by atomic mass is 16.5. The lowest BCUT2D eigenvalue weighted by molar-refractivity contribution is 0.175. The third-order valence-electron chi connectivity index (χ3n) is 3.34. The topological polar surface area (TPSA) is 70.6 Å². The highest BCUT2D eigenvalue weighted by Gasteiger charge is 2.09. The summed E-state index contributed by atoms with van der Waals surface area (Å²) in [6, 6.07) is 14.3. The fraction of sp³-hybridized carbons (Fsp3) is 0.278. The molecule has 0 bridgehead atoms. The van der Waals surface area contributed by atoms with Gasteiger partial charge in [-0.3, -0.25) is 0 Å². The van der Waals surface area contributed by atoms with E-state index in [-0.39, 0.29) is 12.6 Å². The van der Waals surface area contributed by atoms with Crippen LogP contribution in [0.15, 0.2) is 48.5 Å². The minimum absolute atomic E-state index is 0.145. The number of aryl methyl sites for hydroxylation is 1. The number of aliphatic hydroxyl groups is 1. The number of amides is 2. The van der Waals surface area contributed by atoms with Crippen LogP contribution in [-0.4, -0.2) is 24.3 Å². The summed E-state index contributed by atoms with van der Waals surface area (Å²) in [5.41, 5.74) is 2.56. The quantitative estimate of drug-likeness (QED) is 0.766. The van der Waals surface area contributed by atoms with Gasteiger partial charge in [0, 0.05) is 12.2 Å². The molecule has 0 aliphatic carbocycles. The zero-order valence-corrected chi connectivity index (χ0v) is 13.4. The van der Waals surface area contributed by atoms with Crippen molar-refractivity contribution in [2.75, 3.05) is 18.5 Å². The molecule has 2 aromatic carbocycles. The van der Waals surface area contributed by atoms with E-state index in [0.29, 0.717) is 12.3 Å². The van der Waals surface area contributed by atoms with Crippen molar-refractivity contribution in [2.45, 2.75) is 20.0 Å². The number of rotatable bonds is 6. The van der Waals surface area contributed by atoms with Gasteiger partial charge in [-0.25, -0.2) is 4.79 Å². The molecule has 0 aromatic heterocycles. The molecule has 0 aliphatic rings. The minimum Gasteiger partial charge on any atom is -0.494 e. The van der Waals surface area contributed by atoms with Crippen LogP contribution in [0.3, 0.4) is 0 Å². The number of ether oxygens (including phenoxy) is 1. The van der Waals surface area contributed by atoms with Gasteiger partial charge >= 0.3 is 6.03 Å². The third kappa shape index (κ3) is 5.30. The fourth-order valence-corrected chi connectivity index (χ4v) is 2.07. The summed E-state index contributed by atoms with van der Waals surface area (Å²) in [4.78, 5) is 11.8. The molecule has 0 saturated heterocycles. The summed E-state index contributed by atoms with van der Waals surface area (Å²) in [6.07, 6.45) is -0.735. The van der Waals surface area contributed by atoms with Crippen LogP contribution in [0.25, 0.3) is 0 Å². The van der Waals surface area contributed by atoms with Gasteiger partial charge in [-0.1, -0.05) is 29.8 Å². The summed E-state index contributed by atoms with van der Waals surface area (Å²) in [5, 5.41) is 15.4. The first-order chi connectivity index (χ1) is 11.1. The van der Waals surface area contributed by atoms with Gasteiger partial charge in [0.25, 0.3) is 0 Å². The number of carbonyl (C=O) groups is 1. The maximum Gasteiger partial charge on any atom is 0.319 e. The lowest BCUT2D eigenvalue weighted by Crippen LogP contribution is -2.32. The van der Waals surface area contributed by atoms with Crippen LogP contribution >= 0.6 is 0 Å². The zero-order chi connectivity index (χ0) is 16.7. The Labute approximate surface area is 136 Å². The minimum atomic E-state index is -0.735. The van der Waals surface area contributed by atoms with Gasteiger partial charge in [0.05, 0.1) is 12.7 Å². The lowest BCUT2D eigenvalue weighted by atomic mass is 10.1. The van der Waals surface area contributed by atoms with Gasteiger partial charge in [0.2, 0.25) is 0 Å². The molecule has 0 heterocycles.